The van der Waals surface area contributed by atoms with E-state index in [-0.39, 0.29) is 6.61 Å². The van der Waals surface area contributed by atoms with Gasteiger partial charge >= 0.3 is 5.97 Å². The van der Waals surface area contributed by atoms with Gasteiger partial charge in [-0.15, -0.1) is 0 Å². The molecule has 5 nitrogen and oxygen atoms in total. The number of aliphatic carboxylic acids is 1. The summed E-state index contributed by atoms with van der Waals surface area (Å²) in [7, 11) is 0. The number of hydrogen-bond acceptors (Lipinski definition) is 4. The van der Waals surface area contributed by atoms with Crippen molar-refractivity contribution >= 4 is 5.97 Å². The third-order valence-corrected chi connectivity index (χ3v) is 2.33. The van der Waals surface area contributed by atoms with Gasteiger partial charge in [-0.1, -0.05) is 6.92 Å². The van der Waals surface area contributed by atoms with Crippen molar-refractivity contribution in [3.8, 4) is 11.5 Å². The highest BCUT2D eigenvalue weighted by Crippen LogP contribution is 2.26. The number of hydrogen-bond donors (Lipinski definition) is 2. The second-order valence-corrected chi connectivity index (χ2v) is 3.87. The predicted molar refractivity (Wildman–Crippen MR) is 65.9 cm³/mol. The molecule has 0 aromatic heterocycles. The molecule has 0 radical (unpaired) electrons. The minimum atomic E-state index is -1.06. The Kier molecular flexibility index (Phi) is 5.45. The first-order valence-electron chi connectivity index (χ1n) is 5.84. The van der Waals surface area contributed by atoms with Gasteiger partial charge in [0.25, 0.3) is 0 Å². The molecule has 0 saturated carbocycles. The first-order chi connectivity index (χ1) is 8.58. The molecule has 1 aromatic rings. The molecule has 18 heavy (non-hydrogen) atoms. The van der Waals surface area contributed by atoms with E-state index in [1.807, 2.05) is 6.92 Å². The van der Waals surface area contributed by atoms with Crippen LogP contribution >= 0.6 is 0 Å². The van der Waals surface area contributed by atoms with Crippen molar-refractivity contribution in [3.63, 3.8) is 0 Å². The van der Waals surface area contributed by atoms with Gasteiger partial charge < -0.3 is 19.7 Å². The number of aliphatic hydroxyl groups excluding tert-OH is 1. The van der Waals surface area contributed by atoms with Crippen molar-refractivity contribution < 1.29 is 24.5 Å². The molecule has 1 rings (SSSR count). The molecule has 1 atom stereocenters. The van der Waals surface area contributed by atoms with Crippen LogP contribution in [0.25, 0.3) is 0 Å². The van der Waals surface area contributed by atoms with Gasteiger partial charge in [0.05, 0.1) is 13.2 Å². The Morgan fingerprint density at radius 3 is 2.72 bits per heavy atom. The van der Waals surface area contributed by atoms with Crippen LogP contribution in [0, 0.1) is 0 Å². The lowest BCUT2D eigenvalue weighted by atomic mass is 10.2. The van der Waals surface area contributed by atoms with Crippen LogP contribution in [0.3, 0.4) is 0 Å². The van der Waals surface area contributed by atoms with Gasteiger partial charge in [-0.25, -0.2) is 4.79 Å². The van der Waals surface area contributed by atoms with Gasteiger partial charge in [0.1, 0.15) is 11.5 Å². The molecule has 1 aromatic carbocycles. The number of carboxylic acids is 1. The fraction of sp³-hybridized carbons (Fsp3) is 0.462. The molecule has 0 bridgehead atoms. The summed E-state index contributed by atoms with van der Waals surface area (Å²) in [6.07, 6.45) is -0.0968. The summed E-state index contributed by atoms with van der Waals surface area (Å²) in [4.78, 5) is 10.7. The minimum absolute atomic E-state index is 0.213. The second-order valence-electron chi connectivity index (χ2n) is 3.87. The highest BCUT2D eigenvalue weighted by molar-refractivity contribution is 5.72. The Bertz CT molecular complexity index is 402. The summed E-state index contributed by atoms with van der Waals surface area (Å²) in [5.41, 5.74) is 0.534. The molecule has 100 valence electrons. The summed E-state index contributed by atoms with van der Waals surface area (Å²) in [6, 6.07) is 4.98. The predicted octanol–water partition coefficient (Wildman–Crippen LogP) is 1.82. The maximum atomic E-state index is 10.7. The summed E-state index contributed by atoms with van der Waals surface area (Å²) in [5.74, 6) is -0.124. The third-order valence-electron chi connectivity index (χ3n) is 2.33. The van der Waals surface area contributed by atoms with Crippen molar-refractivity contribution in [1.29, 1.82) is 0 Å². The zero-order chi connectivity index (χ0) is 13.5. The molecule has 0 heterocycles. The molecule has 0 amide bonds. The lowest BCUT2D eigenvalue weighted by Gasteiger charge is -2.15. The first-order valence-corrected chi connectivity index (χ1v) is 5.84. The average molecular weight is 254 g/mol. The van der Waals surface area contributed by atoms with Crippen molar-refractivity contribution in [1.82, 2.24) is 0 Å². The normalized spacial score (nSPS) is 11.9. The van der Waals surface area contributed by atoms with E-state index >= 15 is 0 Å². The van der Waals surface area contributed by atoms with Gasteiger partial charge in [-0.05, 0) is 25.5 Å². The van der Waals surface area contributed by atoms with Crippen molar-refractivity contribution in [2.24, 2.45) is 0 Å². The van der Waals surface area contributed by atoms with Crippen molar-refractivity contribution in [3.05, 3.63) is 23.8 Å². The zero-order valence-corrected chi connectivity index (χ0v) is 10.5. The lowest BCUT2D eigenvalue weighted by Crippen LogP contribution is -2.23. The maximum absolute atomic E-state index is 10.7. The van der Waals surface area contributed by atoms with E-state index in [0.717, 1.165) is 6.42 Å². The molecule has 0 aliphatic heterocycles. The van der Waals surface area contributed by atoms with Gasteiger partial charge in [0, 0.05) is 11.6 Å². The quantitative estimate of drug-likeness (QED) is 0.776. The number of benzene rings is 1. The van der Waals surface area contributed by atoms with E-state index in [4.69, 9.17) is 19.7 Å². The Balaban J connectivity index is 2.87. The highest BCUT2D eigenvalue weighted by atomic mass is 16.5. The fourth-order valence-corrected chi connectivity index (χ4v) is 1.33. The largest absolute Gasteiger partial charge is 0.493 e. The Morgan fingerprint density at radius 2 is 2.17 bits per heavy atom. The molecule has 0 fully saturated rings. The van der Waals surface area contributed by atoms with Gasteiger partial charge in [0.15, 0.2) is 6.10 Å². The van der Waals surface area contributed by atoms with Crippen molar-refractivity contribution in [2.75, 3.05) is 6.61 Å². The van der Waals surface area contributed by atoms with Gasteiger partial charge in [0.2, 0.25) is 0 Å². The minimum Gasteiger partial charge on any atom is -0.493 e. The Labute approximate surface area is 106 Å². The summed E-state index contributed by atoms with van der Waals surface area (Å²) in [5, 5.41) is 18.0. The van der Waals surface area contributed by atoms with Gasteiger partial charge in [-0.2, -0.15) is 0 Å². The van der Waals surface area contributed by atoms with E-state index in [2.05, 4.69) is 0 Å². The van der Waals surface area contributed by atoms with Gasteiger partial charge in [-0.3, -0.25) is 0 Å². The number of ether oxygens (including phenoxy) is 2. The molecule has 0 aliphatic carbocycles. The van der Waals surface area contributed by atoms with Crippen LogP contribution in [-0.2, 0) is 11.4 Å². The Hall–Kier alpha value is -1.75. The van der Waals surface area contributed by atoms with Crippen LogP contribution in [0.15, 0.2) is 18.2 Å². The molecule has 5 heteroatoms. The summed E-state index contributed by atoms with van der Waals surface area (Å²) >= 11 is 0. The SMILES string of the molecule is CCCOc1ccc(CO)c(OC(C)C(=O)O)c1. The lowest BCUT2D eigenvalue weighted by molar-refractivity contribution is -0.144. The topological polar surface area (TPSA) is 76.0 Å². The average Bonchev–Trinajstić information content (AvgIpc) is 2.36. The molecular formula is C13H18O5. The summed E-state index contributed by atoms with van der Waals surface area (Å²) in [6.45, 7) is 3.79. The summed E-state index contributed by atoms with van der Waals surface area (Å²) < 4.78 is 10.7. The van der Waals surface area contributed by atoms with Crippen LogP contribution in [-0.4, -0.2) is 28.9 Å². The first kappa shape index (κ1) is 14.3. The van der Waals surface area contributed by atoms with E-state index in [1.165, 1.54) is 6.92 Å². The number of rotatable bonds is 7. The second kappa shape index (κ2) is 6.86. The van der Waals surface area contributed by atoms with Crippen LogP contribution in [0.1, 0.15) is 25.8 Å². The Morgan fingerprint density at radius 1 is 1.44 bits per heavy atom. The van der Waals surface area contributed by atoms with E-state index in [0.29, 0.717) is 23.7 Å². The van der Waals surface area contributed by atoms with Crippen molar-refractivity contribution in [2.45, 2.75) is 33.0 Å². The highest BCUT2D eigenvalue weighted by Gasteiger charge is 2.15. The number of carbonyl (C=O) groups is 1. The molecule has 2 N–H and O–H groups in total. The molecule has 1 unspecified atom stereocenters. The van der Waals surface area contributed by atoms with Crippen LogP contribution in [0.5, 0.6) is 11.5 Å². The van der Waals surface area contributed by atoms with Crippen LogP contribution in [0.2, 0.25) is 0 Å². The van der Waals surface area contributed by atoms with Crippen LogP contribution < -0.4 is 9.47 Å². The van der Waals surface area contributed by atoms with E-state index < -0.39 is 12.1 Å². The number of carboxylic acid groups (broad SMARTS) is 1. The van der Waals surface area contributed by atoms with E-state index in [1.54, 1.807) is 18.2 Å². The monoisotopic (exact) mass is 254 g/mol. The number of aliphatic hydroxyl groups is 1. The van der Waals surface area contributed by atoms with Crippen LogP contribution in [0.4, 0.5) is 0 Å². The zero-order valence-electron chi connectivity index (χ0n) is 10.5. The fourth-order valence-electron chi connectivity index (χ4n) is 1.33. The molecule has 0 spiro atoms. The molecule has 0 aliphatic rings. The maximum Gasteiger partial charge on any atom is 0.344 e. The molecular weight excluding hydrogens is 236 g/mol. The molecule has 0 saturated heterocycles. The van der Waals surface area contributed by atoms with E-state index in [9.17, 15) is 4.79 Å². The standard InChI is InChI=1S/C13H18O5/c1-3-6-17-11-5-4-10(8-14)12(7-11)18-9(2)13(15)16/h4-5,7,9,14H,3,6,8H2,1-2H3,(H,15,16). The smallest absolute Gasteiger partial charge is 0.344 e. The third kappa shape index (κ3) is 3.92.